The van der Waals surface area contributed by atoms with E-state index in [0.29, 0.717) is 43.3 Å². The number of nitrogens with zero attached hydrogens (tertiary/aromatic N) is 3. The summed E-state index contributed by atoms with van der Waals surface area (Å²) in [5.74, 6) is 0.198. The number of halogens is 3. The minimum atomic E-state index is -4.63. The van der Waals surface area contributed by atoms with Gasteiger partial charge in [0, 0.05) is 26.2 Å². The summed E-state index contributed by atoms with van der Waals surface area (Å²) < 4.78 is 44.9. The van der Waals surface area contributed by atoms with E-state index in [1.165, 1.54) is 25.4 Å². The Hall–Kier alpha value is -4.08. The number of carbonyl (C=O) groups is 2. The van der Waals surface area contributed by atoms with Crippen molar-refractivity contribution in [3.63, 3.8) is 0 Å². The predicted molar refractivity (Wildman–Crippen MR) is 125 cm³/mol. The summed E-state index contributed by atoms with van der Waals surface area (Å²) in [5, 5.41) is 2.47. The minimum absolute atomic E-state index is 0.104. The first kappa shape index (κ1) is 24.1. The highest BCUT2D eigenvalue weighted by Gasteiger charge is 2.35. The maximum atomic E-state index is 13.2. The third kappa shape index (κ3) is 5.37. The molecule has 1 aromatic heterocycles. The van der Waals surface area contributed by atoms with Gasteiger partial charge in [0.1, 0.15) is 11.6 Å². The quantitative estimate of drug-likeness (QED) is 0.584. The number of aromatic nitrogens is 1. The number of carbonyl (C=O) groups excluding carboxylic acids is 2. The monoisotopic (exact) mass is 484 g/mol. The van der Waals surface area contributed by atoms with Gasteiger partial charge in [0.05, 0.1) is 35.7 Å². The smallest absolute Gasteiger partial charge is 0.417 e. The van der Waals surface area contributed by atoms with Crippen molar-refractivity contribution in [3.8, 4) is 5.75 Å². The number of para-hydroxylation sites is 1. The molecule has 1 aliphatic rings. The highest BCUT2D eigenvalue weighted by atomic mass is 19.4. The Bertz CT molecular complexity index is 1210. The second-order valence-electron chi connectivity index (χ2n) is 7.88. The maximum absolute atomic E-state index is 13.2. The third-order valence-corrected chi connectivity index (χ3v) is 5.71. The highest BCUT2D eigenvalue weighted by Crippen LogP contribution is 2.32. The van der Waals surface area contributed by atoms with Crippen LogP contribution in [0.5, 0.6) is 5.75 Å². The van der Waals surface area contributed by atoms with Crippen LogP contribution in [0, 0.1) is 0 Å². The molecule has 1 aliphatic heterocycles. The number of hydrogen-bond acceptors (Lipinski definition) is 5. The molecule has 35 heavy (non-hydrogen) atoms. The van der Waals surface area contributed by atoms with Crippen molar-refractivity contribution < 1.29 is 27.5 Å². The van der Waals surface area contributed by atoms with Gasteiger partial charge in [0.15, 0.2) is 0 Å². The first-order valence-corrected chi connectivity index (χ1v) is 10.9. The fourth-order valence-corrected chi connectivity index (χ4v) is 3.90. The molecule has 0 aliphatic carbocycles. The summed E-state index contributed by atoms with van der Waals surface area (Å²) >= 11 is 0. The van der Waals surface area contributed by atoms with Crippen LogP contribution in [-0.2, 0) is 6.18 Å². The number of alkyl halides is 3. The molecule has 0 unspecified atom stereocenters. The van der Waals surface area contributed by atoms with Gasteiger partial charge in [-0.3, -0.25) is 9.59 Å². The number of nitrogens with one attached hydrogen (secondary N) is 1. The van der Waals surface area contributed by atoms with Crippen molar-refractivity contribution >= 4 is 23.3 Å². The average molecular weight is 484 g/mol. The molecule has 2 aromatic carbocycles. The predicted octanol–water partition coefficient (Wildman–Crippen LogP) is 4.32. The zero-order chi connectivity index (χ0) is 25.0. The average Bonchev–Trinajstić information content (AvgIpc) is 2.88. The zero-order valence-corrected chi connectivity index (χ0v) is 18.9. The van der Waals surface area contributed by atoms with E-state index >= 15 is 0 Å². The second-order valence-corrected chi connectivity index (χ2v) is 7.88. The summed E-state index contributed by atoms with van der Waals surface area (Å²) in [5.41, 5.74) is -0.669. The lowest BCUT2D eigenvalue weighted by Crippen LogP contribution is -2.49. The first-order valence-electron chi connectivity index (χ1n) is 10.9. The maximum Gasteiger partial charge on any atom is 0.417 e. The molecule has 0 radical (unpaired) electrons. The van der Waals surface area contributed by atoms with E-state index in [4.69, 9.17) is 4.74 Å². The Labute approximate surface area is 200 Å². The Balaban J connectivity index is 1.37. The van der Waals surface area contributed by atoms with Crippen molar-refractivity contribution in [3.05, 3.63) is 83.6 Å². The number of anilines is 2. The molecular formula is C25H23F3N4O3. The summed E-state index contributed by atoms with van der Waals surface area (Å²) in [6.07, 6.45) is -3.24. The lowest BCUT2D eigenvalue weighted by atomic mass is 10.1. The van der Waals surface area contributed by atoms with Crippen LogP contribution in [0.15, 0.2) is 66.9 Å². The van der Waals surface area contributed by atoms with Crippen molar-refractivity contribution in [2.45, 2.75) is 6.18 Å². The van der Waals surface area contributed by atoms with Gasteiger partial charge in [-0.15, -0.1) is 0 Å². The number of methoxy groups -OCH3 is 1. The van der Waals surface area contributed by atoms with Crippen LogP contribution in [-0.4, -0.2) is 55.0 Å². The van der Waals surface area contributed by atoms with Crippen LogP contribution >= 0.6 is 0 Å². The molecule has 1 saturated heterocycles. The molecule has 10 heteroatoms. The molecule has 4 rings (SSSR count). The second kappa shape index (κ2) is 10.0. The van der Waals surface area contributed by atoms with E-state index in [2.05, 4.69) is 10.3 Å². The molecule has 0 bridgehead atoms. The Morgan fingerprint density at radius 2 is 1.57 bits per heavy atom. The van der Waals surface area contributed by atoms with E-state index < -0.39 is 23.2 Å². The van der Waals surface area contributed by atoms with Crippen LogP contribution in [0.3, 0.4) is 0 Å². The molecule has 3 aromatic rings. The molecule has 1 N–H and O–H groups in total. The van der Waals surface area contributed by atoms with Gasteiger partial charge in [-0.25, -0.2) is 4.98 Å². The van der Waals surface area contributed by atoms with Gasteiger partial charge >= 0.3 is 6.18 Å². The Morgan fingerprint density at radius 1 is 0.914 bits per heavy atom. The van der Waals surface area contributed by atoms with Crippen molar-refractivity contribution in [1.82, 2.24) is 9.88 Å². The Kier molecular flexibility index (Phi) is 6.90. The van der Waals surface area contributed by atoms with Crippen LogP contribution in [0.1, 0.15) is 26.3 Å². The van der Waals surface area contributed by atoms with Crippen molar-refractivity contribution in [1.29, 1.82) is 0 Å². The van der Waals surface area contributed by atoms with E-state index in [-0.39, 0.29) is 11.6 Å². The lowest BCUT2D eigenvalue weighted by molar-refractivity contribution is -0.137. The van der Waals surface area contributed by atoms with Gasteiger partial charge in [0.2, 0.25) is 0 Å². The van der Waals surface area contributed by atoms with Gasteiger partial charge in [-0.1, -0.05) is 24.3 Å². The van der Waals surface area contributed by atoms with Crippen LogP contribution < -0.4 is 15.0 Å². The van der Waals surface area contributed by atoms with E-state index in [1.54, 1.807) is 41.3 Å². The number of piperazine rings is 1. The zero-order valence-electron chi connectivity index (χ0n) is 18.9. The number of pyridine rings is 1. The Morgan fingerprint density at radius 3 is 2.20 bits per heavy atom. The van der Waals surface area contributed by atoms with E-state index in [1.807, 2.05) is 4.90 Å². The highest BCUT2D eigenvalue weighted by molar-refractivity contribution is 6.05. The first-order chi connectivity index (χ1) is 16.8. The molecule has 0 atom stereocenters. The summed E-state index contributed by atoms with van der Waals surface area (Å²) in [4.78, 5) is 33.4. The van der Waals surface area contributed by atoms with Crippen LogP contribution in [0.25, 0.3) is 0 Å². The fourth-order valence-electron chi connectivity index (χ4n) is 3.90. The van der Waals surface area contributed by atoms with Crippen molar-refractivity contribution in [2.75, 3.05) is 43.5 Å². The molecule has 0 saturated carbocycles. The van der Waals surface area contributed by atoms with Crippen LogP contribution in [0.2, 0.25) is 0 Å². The molecular weight excluding hydrogens is 461 g/mol. The molecule has 0 spiro atoms. The molecule has 1 fully saturated rings. The van der Waals surface area contributed by atoms with Crippen molar-refractivity contribution in [2.24, 2.45) is 0 Å². The number of hydrogen-bond donors (Lipinski definition) is 1. The largest absolute Gasteiger partial charge is 0.496 e. The van der Waals surface area contributed by atoms with E-state index in [9.17, 15) is 22.8 Å². The summed E-state index contributed by atoms with van der Waals surface area (Å²) in [6.45, 7) is 2.09. The number of benzene rings is 2. The number of rotatable bonds is 5. The third-order valence-electron chi connectivity index (χ3n) is 5.71. The van der Waals surface area contributed by atoms with Crippen LogP contribution in [0.4, 0.5) is 24.7 Å². The van der Waals surface area contributed by atoms with E-state index in [0.717, 1.165) is 12.1 Å². The molecule has 7 nitrogen and oxygen atoms in total. The topological polar surface area (TPSA) is 74.8 Å². The number of ether oxygens (including phenoxy) is 1. The standard InChI is InChI=1S/C25H23F3N4O3/c1-35-21-9-5-3-7-19(21)24(34)32-14-12-31(13-15-32)22-11-10-17(16-29-22)30-23(33)18-6-2-4-8-20(18)25(26,27)28/h2-11,16H,12-15H2,1H3,(H,30,33). The molecule has 182 valence electrons. The fraction of sp³-hybridized carbons (Fsp3) is 0.240. The van der Waals surface area contributed by atoms with Gasteiger partial charge in [-0.2, -0.15) is 13.2 Å². The summed E-state index contributed by atoms with van der Waals surface area (Å²) in [6, 6.07) is 15.0. The molecule has 2 amide bonds. The SMILES string of the molecule is COc1ccccc1C(=O)N1CCN(c2ccc(NC(=O)c3ccccc3C(F)(F)F)cn2)CC1. The normalized spacial score (nSPS) is 13.9. The molecule has 2 heterocycles. The van der Waals surface area contributed by atoms with Gasteiger partial charge < -0.3 is 19.9 Å². The van der Waals surface area contributed by atoms with Gasteiger partial charge in [0.25, 0.3) is 11.8 Å². The lowest BCUT2D eigenvalue weighted by Gasteiger charge is -2.35. The van der Waals surface area contributed by atoms with Gasteiger partial charge in [-0.05, 0) is 36.4 Å². The minimum Gasteiger partial charge on any atom is -0.496 e. The number of amides is 2. The summed E-state index contributed by atoms with van der Waals surface area (Å²) in [7, 11) is 1.52.